The third kappa shape index (κ3) is 1.56. The first-order chi connectivity index (χ1) is 4.18. The van der Waals surface area contributed by atoms with Crippen LogP contribution in [0.3, 0.4) is 0 Å². The summed E-state index contributed by atoms with van der Waals surface area (Å²) in [5.74, 6) is 0.619. The highest BCUT2D eigenvalue weighted by Gasteiger charge is 2.13. The summed E-state index contributed by atoms with van der Waals surface area (Å²) in [6.07, 6.45) is 3.09. The Bertz CT molecular complexity index is 160. The average Bonchev–Trinajstić information content (AvgIpc) is 1.59. The van der Waals surface area contributed by atoms with Crippen LogP contribution in [0, 0.1) is 5.92 Å². The Morgan fingerprint density at radius 1 is 1.67 bits per heavy atom. The van der Waals surface area contributed by atoms with Gasteiger partial charge in [0, 0.05) is 12.1 Å². The molecule has 0 aromatic heterocycles. The van der Waals surface area contributed by atoms with Crippen LogP contribution in [-0.4, -0.2) is 5.78 Å². The van der Waals surface area contributed by atoms with Crippen LogP contribution in [0.1, 0.15) is 19.8 Å². The molecule has 0 bridgehead atoms. The number of carbonyl (C=O) groups is 1. The van der Waals surface area contributed by atoms with Gasteiger partial charge < -0.3 is 5.73 Å². The quantitative estimate of drug-likeness (QED) is 0.521. The minimum Gasteiger partial charge on any atom is -0.402 e. The Balaban J connectivity index is 2.67. The van der Waals surface area contributed by atoms with Gasteiger partial charge in [0.05, 0.1) is 0 Å². The molecule has 1 unspecified atom stereocenters. The van der Waals surface area contributed by atoms with Crippen molar-refractivity contribution < 1.29 is 4.79 Å². The molecule has 0 radical (unpaired) electrons. The van der Waals surface area contributed by atoms with E-state index in [-0.39, 0.29) is 5.78 Å². The summed E-state index contributed by atoms with van der Waals surface area (Å²) >= 11 is 0. The zero-order valence-electron chi connectivity index (χ0n) is 5.55. The Morgan fingerprint density at radius 2 is 2.33 bits per heavy atom. The van der Waals surface area contributed by atoms with Gasteiger partial charge in [-0.15, -0.1) is 0 Å². The molecule has 0 spiro atoms. The molecule has 50 valence electrons. The topological polar surface area (TPSA) is 43.1 Å². The van der Waals surface area contributed by atoms with Crippen molar-refractivity contribution in [3.8, 4) is 0 Å². The molecule has 2 heteroatoms. The predicted octanol–water partition coefficient (Wildman–Crippen LogP) is 0.828. The van der Waals surface area contributed by atoms with Gasteiger partial charge in [-0.25, -0.2) is 0 Å². The molecule has 1 aliphatic rings. The Labute approximate surface area is 54.7 Å². The second-order valence-electron chi connectivity index (χ2n) is 2.70. The highest BCUT2D eigenvalue weighted by Crippen LogP contribution is 2.17. The molecule has 0 aliphatic heterocycles. The van der Waals surface area contributed by atoms with Crippen molar-refractivity contribution in [3.05, 3.63) is 11.8 Å². The molecule has 1 atom stereocenters. The maximum atomic E-state index is 10.7. The fourth-order valence-corrected chi connectivity index (χ4v) is 1.14. The van der Waals surface area contributed by atoms with Gasteiger partial charge >= 0.3 is 0 Å². The van der Waals surface area contributed by atoms with Gasteiger partial charge in [0.15, 0.2) is 5.78 Å². The Morgan fingerprint density at radius 3 is 2.78 bits per heavy atom. The van der Waals surface area contributed by atoms with Crippen molar-refractivity contribution in [3.63, 3.8) is 0 Å². The van der Waals surface area contributed by atoms with Gasteiger partial charge in [-0.1, -0.05) is 6.92 Å². The van der Waals surface area contributed by atoms with E-state index in [1.807, 2.05) is 6.92 Å². The molecular weight excluding hydrogens is 114 g/mol. The van der Waals surface area contributed by atoms with Crippen molar-refractivity contribution in [2.75, 3.05) is 0 Å². The van der Waals surface area contributed by atoms with E-state index >= 15 is 0 Å². The number of nitrogens with two attached hydrogens (primary N) is 1. The monoisotopic (exact) mass is 125 g/mol. The van der Waals surface area contributed by atoms with Crippen molar-refractivity contribution in [1.82, 2.24) is 0 Å². The molecule has 0 aromatic rings. The Hall–Kier alpha value is -0.790. The summed E-state index contributed by atoms with van der Waals surface area (Å²) in [6, 6.07) is 0. The second-order valence-corrected chi connectivity index (χ2v) is 2.70. The van der Waals surface area contributed by atoms with Crippen LogP contribution in [0.15, 0.2) is 11.8 Å². The number of hydrogen-bond acceptors (Lipinski definition) is 2. The molecule has 0 fully saturated rings. The molecule has 1 aliphatic carbocycles. The van der Waals surface area contributed by atoms with Gasteiger partial charge in [-0.3, -0.25) is 4.79 Å². The van der Waals surface area contributed by atoms with Crippen LogP contribution in [0.2, 0.25) is 0 Å². The lowest BCUT2D eigenvalue weighted by Crippen LogP contribution is -2.15. The van der Waals surface area contributed by atoms with E-state index in [0.717, 1.165) is 12.1 Å². The highest BCUT2D eigenvalue weighted by atomic mass is 16.1. The molecule has 2 N–H and O–H groups in total. The molecule has 1 rings (SSSR count). The number of rotatable bonds is 0. The summed E-state index contributed by atoms with van der Waals surface area (Å²) in [6.45, 7) is 2.04. The fraction of sp³-hybridized carbons (Fsp3) is 0.571. The smallest absolute Gasteiger partial charge is 0.157 e. The summed E-state index contributed by atoms with van der Waals surface area (Å²) < 4.78 is 0. The summed E-state index contributed by atoms with van der Waals surface area (Å²) in [7, 11) is 0. The molecule has 0 aromatic carbocycles. The van der Waals surface area contributed by atoms with Crippen molar-refractivity contribution in [2.24, 2.45) is 11.7 Å². The summed E-state index contributed by atoms with van der Waals surface area (Å²) in [4.78, 5) is 10.7. The third-order valence-corrected chi connectivity index (χ3v) is 1.48. The van der Waals surface area contributed by atoms with Crippen LogP contribution in [0.5, 0.6) is 0 Å². The molecular formula is C7H11NO. The van der Waals surface area contributed by atoms with Crippen LogP contribution in [0.4, 0.5) is 0 Å². The van der Waals surface area contributed by atoms with E-state index < -0.39 is 0 Å². The molecule has 0 heterocycles. The van der Waals surface area contributed by atoms with Crippen molar-refractivity contribution >= 4 is 5.78 Å². The number of carbonyl (C=O) groups excluding carboxylic acids is 1. The van der Waals surface area contributed by atoms with Gasteiger partial charge in [0.1, 0.15) is 0 Å². The van der Waals surface area contributed by atoms with Crippen molar-refractivity contribution in [2.45, 2.75) is 19.8 Å². The third-order valence-electron chi connectivity index (χ3n) is 1.48. The van der Waals surface area contributed by atoms with Gasteiger partial charge in [0.2, 0.25) is 0 Å². The lowest BCUT2D eigenvalue weighted by Gasteiger charge is -2.13. The maximum Gasteiger partial charge on any atom is 0.157 e. The lowest BCUT2D eigenvalue weighted by atomic mass is 9.93. The van der Waals surface area contributed by atoms with Crippen LogP contribution in [0.25, 0.3) is 0 Å². The van der Waals surface area contributed by atoms with Crippen molar-refractivity contribution in [1.29, 1.82) is 0 Å². The van der Waals surface area contributed by atoms with E-state index in [0.29, 0.717) is 12.3 Å². The molecule has 0 amide bonds. The van der Waals surface area contributed by atoms with E-state index in [2.05, 4.69) is 0 Å². The van der Waals surface area contributed by atoms with Crippen LogP contribution < -0.4 is 5.73 Å². The normalized spacial score (nSPS) is 27.9. The van der Waals surface area contributed by atoms with E-state index in [4.69, 9.17) is 5.73 Å². The summed E-state index contributed by atoms with van der Waals surface area (Å²) in [5.41, 5.74) is 6.19. The maximum absolute atomic E-state index is 10.7. The number of ketones is 1. The first-order valence-electron chi connectivity index (χ1n) is 3.17. The minimum absolute atomic E-state index is 0.172. The lowest BCUT2D eigenvalue weighted by molar-refractivity contribution is -0.115. The predicted molar refractivity (Wildman–Crippen MR) is 35.7 cm³/mol. The summed E-state index contributed by atoms with van der Waals surface area (Å²) in [5, 5.41) is 0. The van der Waals surface area contributed by atoms with Gasteiger partial charge in [-0.05, 0) is 18.4 Å². The molecule has 9 heavy (non-hydrogen) atoms. The van der Waals surface area contributed by atoms with Crippen LogP contribution in [-0.2, 0) is 4.79 Å². The van der Waals surface area contributed by atoms with Crippen LogP contribution >= 0.6 is 0 Å². The highest BCUT2D eigenvalue weighted by molar-refractivity contribution is 5.91. The average molecular weight is 125 g/mol. The van der Waals surface area contributed by atoms with E-state index in [9.17, 15) is 4.79 Å². The first-order valence-corrected chi connectivity index (χ1v) is 3.17. The standard InChI is InChI=1S/C7H11NO/c1-5-2-6(8)4-7(9)3-5/h4-5H,2-3,8H2,1H3. The Kier molecular flexibility index (Phi) is 1.56. The van der Waals surface area contributed by atoms with Gasteiger partial charge in [-0.2, -0.15) is 0 Å². The molecule has 0 saturated heterocycles. The fourth-order valence-electron chi connectivity index (χ4n) is 1.14. The molecule has 2 nitrogen and oxygen atoms in total. The first kappa shape index (κ1) is 6.33. The second kappa shape index (κ2) is 2.21. The zero-order valence-corrected chi connectivity index (χ0v) is 5.55. The zero-order chi connectivity index (χ0) is 6.85. The van der Waals surface area contributed by atoms with E-state index in [1.165, 1.54) is 0 Å². The molecule has 0 saturated carbocycles. The van der Waals surface area contributed by atoms with E-state index in [1.54, 1.807) is 6.08 Å². The van der Waals surface area contributed by atoms with Gasteiger partial charge in [0.25, 0.3) is 0 Å². The minimum atomic E-state index is 0.172. The number of hydrogen-bond donors (Lipinski definition) is 1. The SMILES string of the molecule is CC1CC(=O)C=C(N)C1. The largest absolute Gasteiger partial charge is 0.402 e. The number of allylic oxidation sites excluding steroid dienone is 2.